The summed E-state index contributed by atoms with van der Waals surface area (Å²) >= 11 is 6.23. The van der Waals surface area contributed by atoms with Crippen molar-refractivity contribution >= 4 is 28.5 Å². The first-order valence-electron chi connectivity index (χ1n) is 7.16. The maximum absolute atomic E-state index is 11.3. The molecule has 1 unspecified atom stereocenters. The number of benzene rings is 1. The number of aromatic nitrogens is 1. The highest BCUT2D eigenvalue weighted by molar-refractivity contribution is 6.35. The Balaban J connectivity index is 2.10. The zero-order valence-corrected chi connectivity index (χ0v) is 12.4. The van der Waals surface area contributed by atoms with Gasteiger partial charge < -0.3 is 5.11 Å². The molecule has 3 rings (SSSR count). The number of hydrogen-bond donors (Lipinski definition) is 1. The van der Waals surface area contributed by atoms with Gasteiger partial charge in [0.25, 0.3) is 0 Å². The number of aliphatic carboxylic acids is 1. The van der Waals surface area contributed by atoms with Gasteiger partial charge in [0, 0.05) is 22.6 Å². The van der Waals surface area contributed by atoms with Gasteiger partial charge in [0.2, 0.25) is 0 Å². The Morgan fingerprint density at radius 1 is 1.33 bits per heavy atom. The fraction of sp³-hybridized carbons (Fsp3) is 0.375. The SMILES string of the molecule is O=C(O)CC(c1ccc(Cl)c2cccnc12)N1CCCC1. The normalized spacial score (nSPS) is 17.2. The number of pyridine rings is 1. The van der Waals surface area contributed by atoms with Crippen LogP contribution in [0.3, 0.4) is 0 Å². The molecule has 1 aromatic heterocycles. The van der Waals surface area contributed by atoms with Gasteiger partial charge in [-0.3, -0.25) is 14.7 Å². The van der Waals surface area contributed by atoms with Crippen LogP contribution >= 0.6 is 11.6 Å². The van der Waals surface area contributed by atoms with Crippen LogP contribution in [0.15, 0.2) is 30.5 Å². The van der Waals surface area contributed by atoms with Gasteiger partial charge in [-0.2, -0.15) is 0 Å². The van der Waals surface area contributed by atoms with Crippen LogP contribution in [0.5, 0.6) is 0 Å². The zero-order chi connectivity index (χ0) is 14.8. The van der Waals surface area contributed by atoms with Gasteiger partial charge >= 0.3 is 5.97 Å². The van der Waals surface area contributed by atoms with Crippen LogP contribution < -0.4 is 0 Å². The number of nitrogens with zero attached hydrogens (tertiary/aromatic N) is 2. The number of carboxylic acid groups (broad SMARTS) is 1. The molecular weight excluding hydrogens is 288 g/mol. The molecule has 110 valence electrons. The van der Waals surface area contributed by atoms with Crippen molar-refractivity contribution in [1.29, 1.82) is 0 Å². The van der Waals surface area contributed by atoms with E-state index in [9.17, 15) is 9.90 Å². The monoisotopic (exact) mass is 304 g/mol. The van der Waals surface area contributed by atoms with E-state index in [-0.39, 0.29) is 12.5 Å². The average Bonchev–Trinajstić information content (AvgIpc) is 3.00. The summed E-state index contributed by atoms with van der Waals surface area (Å²) in [4.78, 5) is 17.9. The predicted molar refractivity (Wildman–Crippen MR) is 82.6 cm³/mol. The standard InChI is InChI=1S/C16H17ClN2O2/c17-13-6-5-12(16-11(13)4-3-7-18-16)14(10-15(20)21)19-8-1-2-9-19/h3-7,14H,1-2,8-10H2,(H,20,21). The van der Waals surface area contributed by atoms with E-state index in [0.29, 0.717) is 5.02 Å². The van der Waals surface area contributed by atoms with Crippen molar-refractivity contribution in [2.45, 2.75) is 25.3 Å². The van der Waals surface area contributed by atoms with Crippen LogP contribution in [0, 0.1) is 0 Å². The van der Waals surface area contributed by atoms with Crippen LogP contribution in [0.25, 0.3) is 10.9 Å². The first kappa shape index (κ1) is 14.3. The van der Waals surface area contributed by atoms with E-state index in [2.05, 4.69) is 9.88 Å². The Hall–Kier alpha value is -1.65. The van der Waals surface area contributed by atoms with E-state index < -0.39 is 5.97 Å². The fourth-order valence-corrected chi connectivity index (χ4v) is 3.30. The lowest BCUT2D eigenvalue weighted by atomic mass is 9.99. The molecule has 0 aliphatic carbocycles. The Kier molecular flexibility index (Phi) is 4.08. The third kappa shape index (κ3) is 2.87. The van der Waals surface area contributed by atoms with E-state index in [1.807, 2.05) is 24.3 Å². The molecule has 1 saturated heterocycles. The lowest BCUT2D eigenvalue weighted by Crippen LogP contribution is -2.28. The molecule has 2 heterocycles. The molecule has 1 aliphatic heterocycles. The molecule has 2 aromatic rings. The molecule has 0 saturated carbocycles. The summed E-state index contributed by atoms with van der Waals surface area (Å²) in [5.41, 5.74) is 1.77. The topological polar surface area (TPSA) is 53.4 Å². The summed E-state index contributed by atoms with van der Waals surface area (Å²) in [6, 6.07) is 7.39. The number of carbonyl (C=O) groups is 1. The lowest BCUT2D eigenvalue weighted by Gasteiger charge is -2.27. The number of rotatable bonds is 4. The summed E-state index contributed by atoms with van der Waals surface area (Å²) in [6.45, 7) is 1.88. The maximum atomic E-state index is 11.3. The van der Waals surface area contributed by atoms with Gasteiger partial charge in [0.05, 0.1) is 11.9 Å². The highest BCUT2D eigenvalue weighted by Gasteiger charge is 2.27. The minimum Gasteiger partial charge on any atom is -0.481 e. The average molecular weight is 305 g/mol. The van der Waals surface area contributed by atoms with Crippen molar-refractivity contribution in [2.75, 3.05) is 13.1 Å². The van der Waals surface area contributed by atoms with Gasteiger partial charge in [-0.25, -0.2) is 0 Å². The Morgan fingerprint density at radius 3 is 2.81 bits per heavy atom. The van der Waals surface area contributed by atoms with E-state index >= 15 is 0 Å². The smallest absolute Gasteiger partial charge is 0.305 e. The molecule has 5 heteroatoms. The quantitative estimate of drug-likeness (QED) is 0.939. The molecule has 1 fully saturated rings. The molecule has 1 atom stereocenters. The minimum atomic E-state index is -0.786. The zero-order valence-electron chi connectivity index (χ0n) is 11.6. The maximum Gasteiger partial charge on any atom is 0.305 e. The van der Waals surface area contributed by atoms with Gasteiger partial charge in [-0.05, 0) is 49.7 Å². The highest BCUT2D eigenvalue weighted by Crippen LogP contribution is 2.34. The summed E-state index contributed by atoms with van der Waals surface area (Å²) in [5, 5.41) is 10.8. The van der Waals surface area contributed by atoms with Crippen LogP contribution in [0.2, 0.25) is 5.02 Å². The van der Waals surface area contributed by atoms with E-state index in [1.165, 1.54) is 0 Å². The van der Waals surface area contributed by atoms with Crippen molar-refractivity contribution in [3.63, 3.8) is 0 Å². The van der Waals surface area contributed by atoms with Crippen molar-refractivity contribution in [3.8, 4) is 0 Å². The van der Waals surface area contributed by atoms with Gasteiger partial charge in [0.1, 0.15) is 0 Å². The van der Waals surface area contributed by atoms with Gasteiger partial charge in [0.15, 0.2) is 0 Å². The second kappa shape index (κ2) is 6.00. The third-order valence-corrected chi connectivity index (χ3v) is 4.39. The van der Waals surface area contributed by atoms with E-state index in [4.69, 9.17) is 11.6 Å². The van der Waals surface area contributed by atoms with Gasteiger partial charge in [-0.15, -0.1) is 0 Å². The first-order chi connectivity index (χ1) is 10.2. The van der Waals surface area contributed by atoms with Crippen LogP contribution in [0.1, 0.15) is 30.9 Å². The third-order valence-electron chi connectivity index (χ3n) is 4.06. The van der Waals surface area contributed by atoms with Crippen molar-refractivity contribution in [3.05, 3.63) is 41.0 Å². The number of carboxylic acids is 1. The molecule has 0 amide bonds. The molecule has 0 radical (unpaired) electrons. The second-order valence-electron chi connectivity index (χ2n) is 5.39. The Morgan fingerprint density at radius 2 is 2.10 bits per heavy atom. The number of likely N-dealkylation sites (tertiary alicyclic amines) is 1. The summed E-state index contributed by atoms with van der Waals surface area (Å²) in [7, 11) is 0. The molecular formula is C16H17ClN2O2. The van der Waals surface area contributed by atoms with Crippen LogP contribution in [-0.2, 0) is 4.79 Å². The number of hydrogen-bond acceptors (Lipinski definition) is 3. The fourth-order valence-electron chi connectivity index (χ4n) is 3.08. The molecule has 4 nitrogen and oxygen atoms in total. The molecule has 21 heavy (non-hydrogen) atoms. The molecule has 1 aliphatic rings. The summed E-state index contributed by atoms with van der Waals surface area (Å²) in [5.74, 6) is -0.786. The molecule has 0 bridgehead atoms. The largest absolute Gasteiger partial charge is 0.481 e. The summed E-state index contributed by atoms with van der Waals surface area (Å²) < 4.78 is 0. The second-order valence-corrected chi connectivity index (χ2v) is 5.80. The van der Waals surface area contributed by atoms with Crippen LogP contribution in [0.4, 0.5) is 0 Å². The number of halogens is 1. The first-order valence-corrected chi connectivity index (χ1v) is 7.53. The predicted octanol–water partition coefficient (Wildman–Crippen LogP) is 3.50. The Labute approximate surface area is 128 Å². The summed E-state index contributed by atoms with van der Waals surface area (Å²) in [6.07, 6.45) is 4.06. The molecule has 0 spiro atoms. The van der Waals surface area contributed by atoms with Crippen molar-refractivity contribution < 1.29 is 9.90 Å². The highest BCUT2D eigenvalue weighted by atomic mass is 35.5. The lowest BCUT2D eigenvalue weighted by molar-refractivity contribution is -0.138. The van der Waals surface area contributed by atoms with E-state index in [0.717, 1.165) is 42.4 Å². The number of fused-ring (bicyclic) bond motifs is 1. The molecule has 1 N–H and O–H groups in total. The molecule has 1 aromatic carbocycles. The minimum absolute atomic E-state index is 0.0906. The van der Waals surface area contributed by atoms with Crippen molar-refractivity contribution in [2.24, 2.45) is 0 Å². The Bertz CT molecular complexity index is 668. The van der Waals surface area contributed by atoms with Gasteiger partial charge in [-0.1, -0.05) is 17.7 Å². The van der Waals surface area contributed by atoms with Crippen LogP contribution in [-0.4, -0.2) is 34.0 Å². The van der Waals surface area contributed by atoms with Crippen molar-refractivity contribution in [1.82, 2.24) is 9.88 Å². The van der Waals surface area contributed by atoms with E-state index in [1.54, 1.807) is 6.20 Å².